The van der Waals surface area contributed by atoms with E-state index in [1.165, 1.54) is 0 Å². The minimum atomic E-state index is -0.580. The fourth-order valence-electron chi connectivity index (χ4n) is 4.17. The van der Waals surface area contributed by atoms with Crippen LogP contribution in [0.3, 0.4) is 0 Å². The summed E-state index contributed by atoms with van der Waals surface area (Å²) in [7, 11) is 0. The molecule has 1 N–H and O–H groups in total. The van der Waals surface area contributed by atoms with Crippen molar-refractivity contribution in [3.8, 4) is 0 Å². The maximum absolute atomic E-state index is 13.3. The summed E-state index contributed by atoms with van der Waals surface area (Å²) in [4.78, 5) is 27.7. The third-order valence-corrected chi connectivity index (χ3v) is 5.89. The van der Waals surface area contributed by atoms with E-state index in [2.05, 4.69) is 5.32 Å². The number of anilines is 1. The summed E-state index contributed by atoms with van der Waals surface area (Å²) < 4.78 is 5.52. The maximum atomic E-state index is 13.3. The molecule has 5 nitrogen and oxygen atoms in total. The summed E-state index contributed by atoms with van der Waals surface area (Å²) in [6, 6.07) is 17.2. The summed E-state index contributed by atoms with van der Waals surface area (Å²) in [5.41, 5.74) is 1.83. The molecule has 0 unspecified atom stereocenters. The molecular weight excluding hydrogens is 352 g/mol. The first kappa shape index (κ1) is 18.7. The number of nitrogens with one attached hydrogen (secondary N) is 1. The van der Waals surface area contributed by atoms with Crippen molar-refractivity contribution in [2.45, 2.75) is 31.1 Å². The van der Waals surface area contributed by atoms with E-state index in [1.807, 2.05) is 47.4 Å². The molecule has 2 saturated heterocycles. The van der Waals surface area contributed by atoms with Crippen molar-refractivity contribution in [2.75, 3.05) is 31.6 Å². The highest BCUT2D eigenvalue weighted by Crippen LogP contribution is 2.36. The molecule has 2 amide bonds. The Kier molecular flexibility index (Phi) is 5.44. The molecule has 5 heteroatoms. The summed E-state index contributed by atoms with van der Waals surface area (Å²) >= 11 is 0. The van der Waals surface area contributed by atoms with Crippen LogP contribution in [0.4, 0.5) is 5.69 Å². The average Bonchev–Trinajstić information content (AvgIpc) is 3.30. The third kappa shape index (κ3) is 3.67. The van der Waals surface area contributed by atoms with Crippen molar-refractivity contribution in [2.24, 2.45) is 0 Å². The monoisotopic (exact) mass is 378 g/mol. The molecular formula is C23H26N2O3. The molecule has 0 saturated carbocycles. The van der Waals surface area contributed by atoms with Gasteiger partial charge in [-0.1, -0.05) is 30.3 Å². The number of ether oxygens (including phenoxy) is 1. The average molecular weight is 378 g/mol. The van der Waals surface area contributed by atoms with Crippen LogP contribution in [-0.2, 0) is 14.9 Å². The number of rotatable bonds is 4. The predicted molar refractivity (Wildman–Crippen MR) is 108 cm³/mol. The Morgan fingerprint density at radius 1 is 0.893 bits per heavy atom. The zero-order valence-corrected chi connectivity index (χ0v) is 16.0. The quantitative estimate of drug-likeness (QED) is 0.884. The van der Waals surface area contributed by atoms with Gasteiger partial charge in [-0.3, -0.25) is 9.59 Å². The number of amides is 2. The molecule has 0 spiro atoms. The van der Waals surface area contributed by atoms with Crippen LogP contribution in [0.25, 0.3) is 0 Å². The summed E-state index contributed by atoms with van der Waals surface area (Å²) in [5, 5.41) is 3.07. The number of carbonyl (C=O) groups excluding carboxylic acids is 2. The van der Waals surface area contributed by atoms with Crippen LogP contribution in [0.15, 0.2) is 54.6 Å². The van der Waals surface area contributed by atoms with E-state index in [4.69, 9.17) is 4.74 Å². The third-order valence-electron chi connectivity index (χ3n) is 5.89. The number of carbonyl (C=O) groups is 2. The molecule has 28 heavy (non-hydrogen) atoms. The molecule has 2 fully saturated rings. The summed E-state index contributed by atoms with van der Waals surface area (Å²) in [5.74, 6) is 0.0566. The molecule has 2 aliphatic rings. The number of hydrogen-bond donors (Lipinski definition) is 1. The second-order valence-electron chi connectivity index (χ2n) is 7.59. The lowest BCUT2D eigenvalue weighted by atomic mass is 9.73. The van der Waals surface area contributed by atoms with Gasteiger partial charge in [0, 0.05) is 37.6 Å². The second kappa shape index (κ2) is 8.15. The first-order valence-electron chi connectivity index (χ1n) is 10.0. The second-order valence-corrected chi connectivity index (χ2v) is 7.59. The molecule has 2 heterocycles. The van der Waals surface area contributed by atoms with Gasteiger partial charge in [0.05, 0.1) is 5.41 Å². The fourth-order valence-corrected chi connectivity index (χ4v) is 4.17. The van der Waals surface area contributed by atoms with E-state index in [-0.39, 0.29) is 11.8 Å². The molecule has 0 aromatic heterocycles. The van der Waals surface area contributed by atoms with Gasteiger partial charge in [-0.05, 0) is 55.5 Å². The fraction of sp³-hybridized carbons (Fsp3) is 0.391. The van der Waals surface area contributed by atoms with Crippen molar-refractivity contribution in [1.29, 1.82) is 0 Å². The van der Waals surface area contributed by atoms with E-state index in [9.17, 15) is 9.59 Å². The molecule has 0 atom stereocenters. The van der Waals surface area contributed by atoms with Gasteiger partial charge >= 0.3 is 0 Å². The van der Waals surface area contributed by atoms with E-state index < -0.39 is 5.41 Å². The lowest BCUT2D eigenvalue weighted by Gasteiger charge is -2.36. The number of benzene rings is 2. The normalized spacial score (nSPS) is 18.6. The van der Waals surface area contributed by atoms with Crippen molar-refractivity contribution >= 4 is 17.5 Å². The molecule has 0 radical (unpaired) electrons. The summed E-state index contributed by atoms with van der Waals surface area (Å²) in [6.45, 7) is 2.81. The molecule has 146 valence electrons. The van der Waals surface area contributed by atoms with Gasteiger partial charge in [-0.2, -0.15) is 0 Å². The largest absolute Gasteiger partial charge is 0.381 e. The van der Waals surface area contributed by atoms with Crippen molar-refractivity contribution < 1.29 is 14.3 Å². The van der Waals surface area contributed by atoms with Gasteiger partial charge in [0.1, 0.15) is 0 Å². The topological polar surface area (TPSA) is 58.6 Å². The van der Waals surface area contributed by atoms with E-state index in [1.54, 1.807) is 12.1 Å². The van der Waals surface area contributed by atoms with Gasteiger partial charge in [0.15, 0.2) is 0 Å². The highest BCUT2D eigenvalue weighted by Gasteiger charge is 2.41. The standard InChI is InChI=1S/C23H26N2O3/c26-21(25-14-4-5-15-25)18-8-10-20(11-9-18)24-22(27)23(12-16-28-17-13-23)19-6-2-1-3-7-19/h1-3,6-11H,4-5,12-17H2,(H,24,27). The zero-order chi connectivity index (χ0) is 19.4. The SMILES string of the molecule is O=C(c1ccc(NC(=O)C2(c3ccccc3)CCOCC2)cc1)N1CCCC1. The lowest BCUT2D eigenvalue weighted by Crippen LogP contribution is -2.44. The minimum absolute atomic E-state index is 0.0133. The van der Waals surface area contributed by atoms with Crippen molar-refractivity contribution in [3.63, 3.8) is 0 Å². The van der Waals surface area contributed by atoms with Crippen LogP contribution in [0, 0.1) is 0 Å². The van der Waals surface area contributed by atoms with Crippen LogP contribution >= 0.6 is 0 Å². The Morgan fingerprint density at radius 3 is 2.18 bits per heavy atom. The molecule has 2 aliphatic heterocycles. The Bertz CT molecular complexity index is 821. The lowest BCUT2D eigenvalue weighted by molar-refractivity contribution is -0.125. The van der Waals surface area contributed by atoms with Gasteiger partial charge in [-0.25, -0.2) is 0 Å². The van der Waals surface area contributed by atoms with Crippen molar-refractivity contribution in [3.05, 3.63) is 65.7 Å². The van der Waals surface area contributed by atoms with E-state index in [0.717, 1.165) is 31.5 Å². The summed E-state index contributed by atoms with van der Waals surface area (Å²) in [6.07, 6.45) is 3.47. The van der Waals surface area contributed by atoms with Crippen LogP contribution < -0.4 is 5.32 Å². The van der Waals surface area contributed by atoms with Crippen LogP contribution in [-0.4, -0.2) is 43.0 Å². The Morgan fingerprint density at radius 2 is 1.54 bits per heavy atom. The van der Waals surface area contributed by atoms with Gasteiger partial charge in [-0.15, -0.1) is 0 Å². The highest BCUT2D eigenvalue weighted by atomic mass is 16.5. The number of nitrogens with zero attached hydrogens (tertiary/aromatic N) is 1. The zero-order valence-electron chi connectivity index (χ0n) is 16.0. The maximum Gasteiger partial charge on any atom is 0.253 e. The molecule has 2 aromatic carbocycles. The van der Waals surface area contributed by atoms with Crippen LogP contribution in [0.2, 0.25) is 0 Å². The Labute approximate surface area is 165 Å². The first-order chi connectivity index (χ1) is 13.7. The molecule has 2 aromatic rings. The van der Waals surface area contributed by atoms with E-state index in [0.29, 0.717) is 37.3 Å². The first-order valence-corrected chi connectivity index (χ1v) is 10.0. The molecule has 0 aliphatic carbocycles. The van der Waals surface area contributed by atoms with Gasteiger partial charge in [0.2, 0.25) is 5.91 Å². The molecule has 0 bridgehead atoms. The predicted octanol–water partition coefficient (Wildman–Crippen LogP) is 3.61. The smallest absolute Gasteiger partial charge is 0.253 e. The van der Waals surface area contributed by atoms with Gasteiger partial charge < -0.3 is 15.0 Å². The van der Waals surface area contributed by atoms with Crippen LogP contribution in [0.1, 0.15) is 41.6 Å². The minimum Gasteiger partial charge on any atom is -0.381 e. The Hall–Kier alpha value is -2.66. The number of likely N-dealkylation sites (tertiary alicyclic amines) is 1. The highest BCUT2D eigenvalue weighted by molar-refractivity contribution is 6.00. The number of hydrogen-bond acceptors (Lipinski definition) is 3. The molecule has 4 rings (SSSR count). The van der Waals surface area contributed by atoms with Crippen molar-refractivity contribution in [1.82, 2.24) is 4.90 Å². The van der Waals surface area contributed by atoms with Crippen LogP contribution in [0.5, 0.6) is 0 Å². The Balaban J connectivity index is 1.50. The van der Waals surface area contributed by atoms with E-state index >= 15 is 0 Å². The van der Waals surface area contributed by atoms with Gasteiger partial charge in [0.25, 0.3) is 5.91 Å².